The second-order valence-electron chi connectivity index (χ2n) is 3.11. The Balaban J connectivity index is 2.63. The van der Waals surface area contributed by atoms with Crippen LogP contribution in [0.1, 0.15) is 20.3 Å². The van der Waals surface area contributed by atoms with E-state index in [2.05, 4.69) is 0 Å². The van der Waals surface area contributed by atoms with Crippen LogP contribution in [0, 0.1) is 0 Å². The molecule has 0 amide bonds. The lowest BCUT2D eigenvalue weighted by atomic mass is 10.2. The molecule has 0 saturated heterocycles. The predicted molar refractivity (Wildman–Crippen MR) is 53.5 cm³/mol. The van der Waals surface area contributed by atoms with Crippen LogP contribution in [0.15, 0.2) is 35.5 Å². The number of ether oxygens (including phenoxy) is 2. The fraction of sp³-hybridized carbons (Fsp3) is 0.273. The molecule has 0 radical (unpaired) electrons. The summed E-state index contributed by atoms with van der Waals surface area (Å²) in [5.41, 5.74) is 0.674. The molecular formula is C11H12O4. The fourth-order valence-electron chi connectivity index (χ4n) is 0.894. The molecular weight excluding hydrogens is 196 g/mol. The smallest absolute Gasteiger partial charge is 0.339 e. The Labute approximate surface area is 87.9 Å². The van der Waals surface area contributed by atoms with E-state index in [0.29, 0.717) is 29.6 Å². The van der Waals surface area contributed by atoms with Crippen LogP contribution < -0.4 is 0 Å². The van der Waals surface area contributed by atoms with Gasteiger partial charge in [-0.25, -0.2) is 4.79 Å². The van der Waals surface area contributed by atoms with Crippen LogP contribution in [0.2, 0.25) is 0 Å². The maximum atomic E-state index is 11.5. The van der Waals surface area contributed by atoms with Crippen LogP contribution in [0.25, 0.3) is 0 Å². The molecule has 0 bridgehead atoms. The van der Waals surface area contributed by atoms with Gasteiger partial charge in [-0.05, 0) is 25.5 Å². The third-order valence-corrected chi connectivity index (χ3v) is 1.99. The van der Waals surface area contributed by atoms with Gasteiger partial charge in [0.15, 0.2) is 0 Å². The Morgan fingerprint density at radius 1 is 1.53 bits per heavy atom. The second-order valence-corrected chi connectivity index (χ2v) is 3.11. The van der Waals surface area contributed by atoms with Crippen molar-refractivity contribution in [2.75, 3.05) is 0 Å². The normalized spacial score (nSPS) is 16.0. The van der Waals surface area contributed by atoms with Crippen molar-refractivity contribution in [3.63, 3.8) is 0 Å². The van der Waals surface area contributed by atoms with Crippen molar-refractivity contribution in [1.29, 1.82) is 0 Å². The van der Waals surface area contributed by atoms with E-state index in [-0.39, 0.29) is 0 Å². The zero-order valence-corrected chi connectivity index (χ0v) is 8.65. The molecule has 4 nitrogen and oxygen atoms in total. The first kappa shape index (κ1) is 11.2. The Kier molecular flexibility index (Phi) is 3.85. The van der Waals surface area contributed by atoms with E-state index in [9.17, 15) is 9.59 Å². The Hall–Kier alpha value is -1.84. The molecule has 1 heterocycles. The minimum atomic E-state index is -0.523. The van der Waals surface area contributed by atoms with Gasteiger partial charge in [-0.1, -0.05) is 0 Å². The van der Waals surface area contributed by atoms with E-state index in [1.165, 1.54) is 12.5 Å². The molecule has 0 atom stereocenters. The van der Waals surface area contributed by atoms with Gasteiger partial charge in [0, 0.05) is 12.0 Å². The standard InChI is InChI=1S/C11H12O4/c1-8(6-12)9(2)11(13)15-10-4-3-5-14-7-10/h3,5-7H,4H2,1-2H3/b9-8+. The van der Waals surface area contributed by atoms with Crippen molar-refractivity contribution in [3.05, 3.63) is 35.5 Å². The quantitative estimate of drug-likeness (QED) is 0.403. The van der Waals surface area contributed by atoms with E-state index in [0.717, 1.165) is 0 Å². The maximum Gasteiger partial charge on any atom is 0.339 e. The van der Waals surface area contributed by atoms with Crippen LogP contribution >= 0.6 is 0 Å². The summed E-state index contributed by atoms with van der Waals surface area (Å²) in [4.78, 5) is 21.9. The monoisotopic (exact) mass is 208 g/mol. The van der Waals surface area contributed by atoms with Gasteiger partial charge in [-0.3, -0.25) is 4.79 Å². The number of aldehydes is 1. The van der Waals surface area contributed by atoms with Crippen LogP contribution in [-0.4, -0.2) is 12.3 Å². The average molecular weight is 208 g/mol. The lowest BCUT2D eigenvalue weighted by Gasteiger charge is -2.09. The summed E-state index contributed by atoms with van der Waals surface area (Å²) in [6.07, 6.45) is 5.74. The van der Waals surface area contributed by atoms with Gasteiger partial charge in [0.05, 0.1) is 6.26 Å². The molecule has 0 saturated carbocycles. The third-order valence-electron chi connectivity index (χ3n) is 1.99. The highest BCUT2D eigenvalue weighted by molar-refractivity contribution is 5.94. The zero-order chi connectivity index (χ0) is 11.3. The third kappa shape index (κ3) is 3.09. The lowest BCUT2D eigenvalue weighted by Crippen LogP contribution is -2.08. The molecule has 80 valence electrons. The van der Waals surface area contributed by atoms with Crippen molar-refractivity contribution >= 4 is 12.3 Å². The van der Waals surface area contributed by atoms with E-state index in [1.807, 2.05) is 0 Å². The Morgan fingerprint density at radius 3 is 2.80 bits per heavy atom. The summed E-state index contributed by atoms with van der Waals surface area (Å²) >= 11 is 0. The van der Waals surface area contributed by atoms with E-state index >= 15 is 0 Å². The molecule has 1 aliphatic heterocycles. The zero-order valence-electron chi connectivity index (χ0n) is 8.65. The number of rotatable bonds is 3. The van der Waals surface area contributed by atoms with Crippen LogP contribution in [0.5, 0.6) is 0 Å². The first-order valence-corrected chi connectivity index (χ1v) is 4.49. The number of hydrogen-bond donors (Lipinski definition) is 0. The predicted octanol–water partition coefficient (Wildman–Crippen LogP) is 1.84. The highest BCUT2D eigenvalue weighted by Gasteiger charge is 2.12. The van der Waals surface area contributed by atoms with Gasteiger partial charge >= 0.3 is 5.97 Å². The van der Waals surface area contributed by atoms with Crippen LogP contribution in [0.4, 0.5) is 0 Å². The van der Waals surface area contributed by atoms with Crippen molar-refractivity contribution in [2.24, 2.45) is 0 Å². The van der Waals surface area contributed by atoms with Crippen molar-refractivity contribution in [2.45, 2.75) is 20.3 Å². The van der Waals surface area contributed by atoms with Gasteiger partial charge < -0.3 is 9.47 Å². The van der Waals surface area contributed by atoms with Crippen molar-refractivity contribution in [1.82, 2.24) is 0 Å². The SMILES string of the molecule is C/C(C=O)=C(/C)C(=O)OC1=COC=CC1. The molecule has 0 aliphatic carbocycles. The van der Waals surface area contributed by atoms with E-state index in [4.69, 9.17) is 9.47 Å². The summed E-state index contributed by atoms with van der Waals surface area (Å²) in [7, 11) is 0. The number of carbonyl (C=O) groups excluding carboxylic acids is 2. The van der Waals surface area contributed by atoms with E-state index in [1.54, 1.807) is 19.9 Å². The van der Waals surface area contributed by atoms with Gasteiger partial charge in [-0.15, -0.1) is 0 Å². The van der Waals surface area contributed by atoms with Crippen molar-refractivity contribution in [3.8, 4) is 0 Å². The highest BCUT2D eigenvalue weighted by atomic mass is 16.6. The maximum absolute atomic E-state index is 11.5. The highest BCUT2D eigenvalue weighted by Crippen LogP contribution is 2.13. The molecule has 1 rings (SSSR count). The summed E-state index contributed by atoms with van der Waals surface area (Å²) in [5.74, 6) is -0.0923. The number of carbonyl (C=O) groups is 2. The van der Waals surface area contributed by atoms with Gasteiger partial charge in [-0.2, -0.15) is 0 Å². The molecule has 4 heteroatoms. The molecule has 15 heavy (non-hydrogen) atoms. The number of esters is 1. The molecule has 0 unspecified atom stereocenters. The molecule has 1 aliphatic rings. The summed E-state index contributed by atoms with van der Waals surface area (Å²) < 4.78 is 9.85. The fourth-order valence-corrected chi connectivity index (χ4v) is 0.894. The Bertz CT molecular complexity index is 361. The largest absolute Gasteiger partial charge is 0.469 e. The van der Waals surface area contributed by atoms with Gasteiger partial charge in [0.2, 0.25) is 0 Å². The number of allylic oxidation sites excluding steroid dienone is 2. The molecule has 0 aromatic carbocycles. The average Bonchev–Trinajstić information content (AvgIpc) is 2.28. The minimum absolute atomic E-state index is 0.306. The summed E-state index contributed by atoms with van der Waals surface area (Å²) in [5, 5.41) is 0. The van der Waals surface area contributed by atoms with Crippen LogP contribution in [0.3, 0.4) is 0 Å². The van der Waals surface area contributed by atoms with Crippen LogP contribution in [-0.2, 0) is 19.1 Å². The summed E-state index contributed by atoms with van der Waals surface area (Å²) in [6.45, 7) is 3.11. The molecule has 0 aromatic rings. The number of hydrogen-bond acceptors (Lipinski definition) is 4. The van der Waals surface area contributed by atoms with Gasteiger partial charge in [0.25, 0.3) is 0 Å². The summed E-state index contributed by atoms with van der Waals surface area (Å²) in [6, 6.07) is 0. The first-order chi connectivity index (χ1) is 7.15. The molecule has 0 spiro atoms. The Morgan fingerprint density at radius 2 is 2.27 bits per heavy atom. The van der Waals surface area contributed by atoms with E-state index < -0.39 is 5.97 Å². The van der Waals surface area contributed by atoms with Crippen molar-refractivity contribution < 1.29 is 19.1 Å². The molecule has 0 N–H and O–H groups in total. The van der Waals surface area contributed by atoms with Gasteiger partial charge in [0.1, 0.15) is 18.3 Å². The second kappa shape index (κ2) is 5.14. The first-order valence-electron chi connectivity index (χ1n) is 4.49. The minimum Gasteiger partial charge on any atom is -0.469 e. The molecule has 0 aromatic heterocycles. The molecule has 0 fully saturated rings. The lowest BCUT2D eigenvalue weighted by molar-refractivity contribution is -0.135. The topological polar surface area (TPSA) is 52.6 Å².